The fourth-order valence-corrected chi connectivity index (χ4v) is 4.78. The second kappa shape index (κ2) is 7.51. The highest BCUT2D eigenvalue weighted by Crippen LogP contribution is 2.45. The number of rotatable bonds is 5. The summed E-state index contributed by atoms with van der Waals surface area (Å²) in [6.07, 6.45) is 0. The molecule has 5 rings (SSSR count). The number of likely N-dealkylation sites (tertiary alicyclic amines) is 1. The molecule has 2 aliphatic heterocycles. The predicted octanol–water partition coefficient (Wildman–Crippen LogP) is 4.07. The van der Waals surface area contributed by atoms with E-state index in [9.17, 15) is 14.4 Å². The van der Waals surface area contributed by atoms with Gasteiger partial charge in [-0.2, -0.15) is 0 Å². The van der Waals surface area contributed by atoms with Gasteiger partial charge in [0, 0.05) is 6.54 Å². The molecule has 154 valence electrons. The van der Waals surface area contributed by atoms with Gasteiger partial charge in [-0.15, -0.1) is 0 Å². The fourth-order valence-electron chi connectivity index (χ4n) is 4.78. The van der Waals surface area contributed by atoms with Gasteiger partial charge in [-0.05, 0) is 30.2 Å². The molecule has 0 aliphatic carbocycles. The van der Waals surface area contributed by atoms with E-state index in [1.807, 2.05) is 65.6 Å². The highest BCUT2D eigenvalue weighted by Gasteiger charge is 2.54. The van der Waals surface area contributed by atoms with Crippen LogP contribution in [-0.2, 0) is 11.3 Å². The lowest BCUT2D eigenvalue weighted by atomic mass is 9.77. The molecule has 3 amide bonds. The molecule has 0 saturated carbocycles. The average Bonchev–Trinajstić information content (AvgIpc) is 3.07. The second-order valence-electron chi connectivity index (χ2n) is 8.10. The molecule has 31 heavy (non-hydrogen) atoms. The van der Waals surface area contributed by atoms with Crippen LogP contribution in [0.1, 0.15) is 44.8 Å². The maximum atomic E-state index is 13.3. The van der Waals surface area contributed by atoms with E-state index in [2.05, 4.69) is 0 Å². The Morgan fingerprint density at radius 1 is 0.742 bits per heavy atom. The average molecular weight is 410 g/mol. The van der Waals surface area contributed by atoms with Crippen LogP contribution < -0.4 is 0 Å². The molecule has 0 aromatic heterocycles. The van der Waals surface area contributed by atoms with E-state index in [1.54, 1.807) is 31.2 Å². The quantitative estimate of drug-likeness (QED) is 0.471. The van der Waals surface area contributed by atoms with Crippen molar-refractivity contribution in [3.05, 3.63) is 107 Å². The number of fused-ring (bicyclic) bond motifs is 1. The number of β-lactam (4-membered cyclic amide) rings is 1. The van der Waals surface area contributed by atoms with Gasteiger partial charge in [0.1, 0.15) is 0 Å². The van der Waals surface area contributed by atoms with E-state index in [0.717, 1.165) is 11.1 Å². The minimum absolute atomic E-state index is 0.0400. The Morgan fingerprint density at radius 2 is 1.26 bits per heavy atom. The number of amides is 3. The molecule has 3 atom stereocenters. The van der Waals surface area contributed by atoms with Crippen LogP contribution in [0.3, 0.4) is 0 Å². The highest BCUT2D eigenvalue weighted by molar-refractivity contribution is 6.21. The number of hydrogen-bond donors (Lipinski definition) is 0. The normalized spacial score (nSPS) is 21.1. The van der Waals surface area contributed by atoms with E-state index in [4.69, 9.17) is 0 Å². The van der Waals surface area contributed by atoms with Crippen LogP contribution in [0.4, 0.5) is 0 Å². The van der Waals surface area contributed by atoms with Crippen molar-refractivity contribution >= 4 is 17.7 Å². The molecule has 5 nitrogen and oxygen atoms in total. The lowest BCUT2D eigenvalue weighted by Crippen LogP contribution is -2.61. The van der Waals surface area contributed by atoms with Gasteiger partial charge in [-0.25, -0.2) is 0 Å². The summed E-state index contributed by atoms with van der Waals surface area (Å²) in [7, 11) is 0. The smallest absolute Gasteiger partial charge is 0.261 e. The largest absolute Gasteiger partial charge is 0.330 e. The van der Waals surface area contributed by atoms with E-state index >= 15 is 0 Å². The first-order chi connectivity index (χ1) is 15.1. The van der Waals surface area contributed by atoms with Crippen molar-refractivity contribution in [2.24, 2.45) is 5.92 Å². The number of imide groups is 1. The Balaban J connectivity index is 1.47. The predicted molar refractivity (Wildman–Crippen MR) is 116 cm³/mol. The lowest BCUT2D eigenvalue weighted by molar-refractivity contribution is -0.161. The summed E-state index contributed by atoms with van der Waals surface area (Å²) in [4.78, 5) is 42.4. The van der Waals surface area contributed by atoms with Crippen LogP contribution >= 0.6 is 0 Å². The van der Waals surface area contributed by atoms with Crippen molar-refractivity contribution in [1.82, 2.24) is 9.80 Å². The van der Waals surface area contributed by atoms with E-state index in [0.29, 0.717) is 17.7 Å². The van der Waals surface area contributed by atoms with E-state index in [1.165, 1.54) is 4.90 Å². The molecular formula is C26H22N2O3. The van der Waals surface area contributed by atoms with Crippen molar-refractivity contribution in [3.8, 4) is 0 Å². The van der Waals surface area contributed by atoms with E-state index in [-0.39, 0.29) is 23.8 Å². The Kier molecular flexibility index (Phi) is 4.66. The van der Waals surface area contributed by atoms with Gasteiger partial charge in [0.05, 0.1) is 29.1 Å². The van der Waals surface area contributed by atoms with Crippen LogP contribution in [-0.4, -0.2) is 33.6 Å². The van der Waals surface area contributed by atoms with Gasteiger partial charge in [0.2, 0.25) is 5.91 Å². The van der Waals surface area contributed by atoms with Crippen LogP contribution in [0.2, 0.25) is 0 Å². The van der Waals surface area contributed by atoms with Crippen molar-refractivity contribution in [3.63, 3.8) is 0 Å². The summed E-state index contributed by atoms with van der Waals surface area (Å²) in [6.45, 7) is 2.30. The first-order valence-electron chi connectivity index (χ1n) is 10.4. The third-order valence-electron chi connectivity index (χ3n) is 6.33. The third kappa shape index (κ3) is 3.05. The van der Waals surface area contributed by atoms with Gasteiger partial charge < -0.3 is 4.90 Å². The SMILES string of the molecule is C[C@@H]([C@@H]1C(=O)N(Cc2ccccc2)[C@@H]1c1ccccc1)N1C(=O)c2ccccc2C1=O. The molecule has 0 spiro atoms. The zero-order chi connectivity index (χ0) is 21.5. The van der Waals surface area contributed by atoms with Crippen molar-refractivity contribution in [2.75, 3.05) is 0 Å². The molecule has 0 unspecified atom stereocenters. The maximum absolute atomic E-state index is 13.3. The third-order valence-corrected chi connectivity index (χ3v) is 6.33. The topological polar surface area (TPSA) is 57.7 Å². The van der Waals surface area contributed by atoms with Gasteiger partial charge in [-0.1, -0.05) is 72.8 Å². The summed E-state index contributed by atoms with van der Waals surface area (Å²) in [5, 5.41) is 0. The molecule has 2 heterocycles. The summed E-state index contributed by atoms with van der Waals surface area (Å²) in [5.41, 5.74) is 2.86. The van der Waals surface area contributed by atoms with Gasteiger partial charge in [0.25, 0.3) is 11.8 Å². The molecule has 1 fully saturated rings. The maximum Gasteiger partial charge on any atom is 0.261 e. The number of carbonyl (C=O) groups is 3. The van der Waals surface area contributed by atoms with Crippen LogP contribution in [0.5, 0.6) is 0 Å². The first-order valence-corrected chi connectivity index (χ1v) is 10.4. The van der Waals surface area contributed by atoms with Crippen LogP contribution in [0, 0.1) is 5.92 Å². The lowest BCUT2D eigenvalue weighted by Gasteiger charge is -2.51. The van der Waals surface area contributed by atoms with Crippen molar-refractivity contribution in [2.45, 2.75) is 25.6 Å². The van der Waals surface area contributed by atoms with Crippen molar-refractivity contribution in [1.29, 1.82) is 0 Å². The van der Waals surface area contributed by atoms with Gasteiger partial charge in [-0.3, -0.25) is 19.3 Å². The molecule has 3 aromatic rings. The number of nitrogens with zero attached hydrogens (tertiary/aromatic N) is 2. The van der Waals surface area contributed by atoms with Gasteiger partial charge in [0.15, 0.2) is 0 Å². The summed E-state index contributed by atoms with van der Waals surface area (Å²) >= 11 is 0. The number of hydrogen-bond acceptors (Lipinski definition) is 3. The van der Waals surface area contributed by atoms with E-state index < -0.39 is 12.0 Å². The summed E-state index contributed by atoms with van der Waals surface area (Å²) < 4.78 is 0. The zero-order valence-corrected chi connectivity index (χ0v) is 17.1. The monoisotopic (exact) mass is 410 g/mol. The first kappa shape index (κ1) is 19.2. The molecule has 0 N–H and O–H groups in total. The Bertz CT molecular complexity index is 1120. The fraction of sp³-hybridized carbons (Fsp3) is 0.192. The minimum Gasteiger partial charge on any atom is -0.330 e. The van der Waals surface area contributed by atoms with Crippen molar-refractivity contribution < 1.29 is 14.4 Å². The molecule has 2 aliphatic rings. The van der Waals surface area contributed by atoms with Crippen LogP contribution in [0.15, 0.2) is 84.9 Å². The summed E-state index contributed by atoms with van der Waals surface area (Å²) in [6, 6.07) is 25.8. The van der Waals surface area contributed by atoms with Gasteiger partial charge >= 0.3 is 0 Å². The Hall–Kier alpha value is -3.73. The molecule has 0 radical (unpaired) electrons. The standard InChI is InChI=1S/C26H22N2O3/c1-17(28-24(29)20-14-8-9-15-21(20)25(28)30)22-23(19-12-6-3-7-13-19)27(26(22)31)16-18-10-4-2-5-11-18/h2-15,17,22-23H,16H2,1H3/t17-,22-,23+/m0/s1. The highest BCUT2D eigenvalue weighted by atomic mass is 16.2. The number of carbonyl (C=O) groups excluding carboxylic acids is 3. The minimum atomic E-state index is -0.544. The molecule has 0 bridgehead atoms. The van der Waals surface area contributed by atoms with Crippen LogP contribution in [0.25, 0.3) is 0 Å². The number of benzene rings is 3. The Morgan fingerprint density at radius 3 is 1.84 bits per heavy atom. The zero-order valence-electron chi connectivity index (χ0n) is 17.1. The summed E-state index contributed by atoms with van der Waals surface area (Å²) in [5.74, 6) is -1.17. The molecular weight excluding hydrogens is 388 g/mol. The molecule has 1 saturated heterocycles. The second-order valence-corrected chi connectivity index (χ2v) is 8.10. The Labute approximate surface area is 180 Å². The molecule has 3 aromatic carbocycles. The molecule has 5 heteroatoms.